The maximum Gasteiger partial charge on any atom is 0.317 e. The van der Waals surface area contributed by atoms with Crippen molar-refractivity contribution >= 4 is 28.3 Å². The molecule has 7 heteroatoms. The van der Waals surface area contributed by atoms with Crippen LogP contribution in [-0.4, -0.2) is 30.6 Å². The van der Waals surface area contributed by atoms with Crippen LogP contribution in [-0.2, 0) is 14.3 Å². The Balaban J connectivity index is 1.63. The van der Waals surface area contributed by atoms with Crippen LogP contribution >= 0.6 is 0 Å². The fourth-order valence-corrected chi connectivity index (χ4v) is 5.61. The summed E-state index contributed by atoms with van der Waals surface area (Å²) in [5.74, 6) is -0.675. The van der Waals surface area contributed by atoms with Crippen LogP contribution in [0.1, 0.15) is 37.3 Å². The Morgan fingerprint density at radius 3 is 2.79 bits per heavy atom. The van der Waals surface area contributed by atoms with Crippen LogP contribution in [0.25, 0.3) is 10.9 Å². The second kappa shape index (κ2) is 7.32. The molecule has 0 amide bonds. The number of rotatable bonds is 2. The van der Waals surface area contributed by atoms with E-state index in [9.17, 15) is 9.59 Å². The fraction of sp³-hybridized carbons (Fsp3) is 0.296. The summed E-state index contributed by atoms with van der Waals surface area (Å²) < 4.78 is 16.2. The molecule has 0 fully saturated rings. The van der Waals surface area contributed by atoms with Crippen LogP contribution in [0.3, 0.4) is 0 Å². The number of carbonyl (C=O) groups excluding carboxylic acids is 2. The largest absolute Gasteiger partial charge is 0.468 e. The topological polar surface area (TPSA) is 86.8 Å². The molecule has 3 aromatic rings. The number of anilines is 1. The van der Waals surface area contributed by atoms with Gasteiger partial charge in [-0.25, -0.2) is 0 Å². The number of ketones is 1. The van der Waals surface area contributed by atoms with Crippen LogP contribution in [0.2, 0.25) is 0 Å². The summed E-state index contributed by atoms with van der Waals surface area (Å²) in [7, 11) is 1.33. The molecular weight excluding hydrogens is 432 g/mol. The Hall–Kier alpha value is -3.87. The molecule has 1 aliphatic carbocycles. The van der Waals surface area contributed by atoms with E-state index in [-0.39, 0.29) is 12.6 Å². The number of ether oxygens (including phenoxy) is 3. The molecule has 0 spiro atoms. The minimum Gasteiger partial charge on any atom is -0.468 e. The minimum atomic E-state index is -0.885. The van der Waals surface area contributed by atoms with Crippen LogP contribution in [0, 0.1) is 11.3 Å². The molecule has 3 heterocycles. The van der Waals surface area contributed by atoms with Gasteiger partial charge >= 0.3 is 5.97 Å². The highest BCUT2D eigenvalue weighted by atomic mass is 16.7. The van der Waals surface area contributed by atoms with E-state index in [1.54, 1.807) is 6.20 Å². The first kappa shape index (κ1) is 20.7. The highest BCUT2D eigenvalue weighted by Gasteiger charge is 2.51. The first-order chi connectivity index (χ1) is 16.4. The summed E-state index contributed by atoms with van der Waals surface area (Å²) in [6.45, 7) is 4.04. The molecule has 0 saturated heterocycles. The van der Waals surface area contributed by atoms with Crippen molar-refractivity contribution in [2.45, 2.75) is 26.2 Å². The molecule has 7 nitrogen and oxygen atoms in total. The van der Waals surface area contributed by atoms with Crippen molar-refractivity contribution in [3.8, 4) is 11.5 Å². The number of benzene rings is 2. The van der Waals surface area contributed by atoms with Crippen molar-refractivity contribution in [1.82, 2.24) is 4.98 Å². The summed E-state index contributed by atoms with van der Waals surface area (Å²) >= 11 is 0. The minimum absolute atomic E-state index is 0.167. The van der Waals surface area contributed by atoms with E-state index in [1.807, 2.05) is 56.3 Å². The Bertz CT molecular complexity index is 1410. The first-order valence-corrected chi connectivity index (χ1v) is 11.3. The SMILES string of the molecule is COC(=O)C1C(=O)C2=C(CC1(C)C)Nc1ccc3ncccc3c1C2c1ccc2c(c1)OCO2. The van der Waals surface area contributed by atoms with Gasteiger partial charge in [-0.05, 0) is 53.3 Å². The standard InChI is InChI=1S/C27H24N2O5/c1-27(2)12-18-23(25(30)24(27)26(31)32-3)21(14-6-9-19-20(11-14)34-13-33-19)22-15-5-4-10-28-16(15)7-8-17(22)29-18/h4-11,21,24,29H,12-13H2,1-3H3. The summed E-state index contributed by atoms with van der Waals surface area (Å²) in [5.41, 5.74) is 4.47. The number of methoxy groups -OCH3 is 1. The average molecular weight is 456 g/mol. The molecule has 0 saturated carbocycles. The van der Waals surface area contributed by atoms with Crippen molar-refractivity contribution in [2.24, 2.45) is 11.3 Å². The van der Waals surface area contributed by atoms with Crippen molar-refractivity contribution in [1.29, 1.82) is 0 Å². The second-order valence-corrected chi connectivity index (χ2v) is 9.65. The van der Waals surface area contributed by atoms with Gasteiger partial charge in [0, 0.05) is 34.5 Å². The predicted octanol–water partition coefficient (Wildman–Crippen LogP) is 4.56. The zero-order chi connectivity index (χ0) is 23.6. The number of nitrogens with one attached hydrogen (secondary N) is 1. The maximum absolute atomic E-state index is 14.1. The van der Waals surface area contributed by atoms with E-state index in [4.69, 9.17) is 14.2 Å². The number of esters is 1. The van der Waals surface area contributed by atoms with Gasteiger partial charge in [-0.15, -0.1) is 0 Å². The van der Waals surface area contributed by atoms with E-state index >= 15 is 0 Å². The van der Waals surface area contributed by atoms with Crippen LogP contribution in [0.4, 0.5) is 5.69 Å². The van der Waals surface area contributed by atoms with Crippen LogP contribution in [0.5, 0.6) is 11.5 Å². The van der Waals surface area contributed by atoms with Gasteiger partial charge in [-0.2, -0.15) is 0 Å². The van der Waals surface area contributed by atoms with Crippen molar-refractivity contribution in [3.63, 3.8) is 0 Å². The number of pyridine rings is 1. The second-order valence-electron chi connectivity index (χ2n) is 9.65. The van der Waals surface area contributed by atoms with Gasteiger partial charge in [0.25, 0.3) is 0 Å². The molecule has 1 aromatic heterocycles. The van der Waals surface area contributed by atoms with Gasteiger partial charge in [0.2, 0.25) is 6.79 Å². The van der Waals surface area contributed by atoms with E-state index < -0.39 is 23.2 Å². The van der Waals surface area contributed by atoms with Crippen molar-refractivity contribution < 1.29 is 23.8 Å². The lowest BCUT2D eigenvalue weighted by molar-refractivity contribution is -0.154. The molecule has 34 heavy (non-hydrogen) atoms. The van der Waals surface area contributed by atoms with Crippen LogP contribution < -0.4 is 14.8 Å². The third kappa shape index (κ3) is 2.93. The Kier molecular flexibility index (Phi) is 4.46. The number of allylic oxidation sites excluding steroid dienone is 2. The summed E-state index contributed by atoms with van der Waals surface area (Å²) in [4.78, 5) is 31.4. The monoisotopic (exact) mass is 456 g/mol. The predicted molar refractivity (Wildman–Crippen MR) is 126 cm³/mol. The molecule has 3 aliphatic rings. The number of carbonyl (C=O) groups is 2. The van der Waals surface area contributed by atoms with E-state index in [1.165, 1.54) is 7.11 Å². The van der Waals surface area contributed by atoms with Gasteiger partial charge in [0.05, 0.1) is 12.6 Å². The first-order valence-electron chi connectivity index (χ1n) is 11.3. The third-order valence-electron chi connectivity index (χ3n) is 7.12. The highest BCUT2D eigenvalue weighted by molar-refractivity contribution is 6.13. The summed E-state index contributed by atoms with van der Waals surface area (Å²) in [6, 6.07) is 13.7. The summed E-state index contributed by atoms with van der Waals surface area (Å²) in [5, 5.41) is 4.48. The van der Waals surface area contributed by atoms with E-state index in [0.29, 0.717) is 23.5 Å². The number of hydrogen-bond donors (Lipinski definition) is 1. The van der Waals surface area contributed by atoms with Gasteiger partial charge in [-0.3, -0.25) is 14.6 Å². The quantitative estimate of drug-likeness (QED) is 0.447. The van der Waals surface area contributed by atoms with Crippen molar-refractivity contribution in [3.05, 3.63) is 71.1 Å². The summed E-state index contributed by atoms with van der Waals surface area (Å²) in [6.07, 6.45) is 2.30. The molecule has 6 rings (SSSR count). The van der Waals surface area contributed by atoms with E-state index in [2.05, 4.69) is 10.3 Å². The lowest BCUT2D eigenvalue weighted by atomic mass is 9.63. The number of fused-ring (bicyclic) bond motifs is 4. The maximum atomic E-state index is 14.1. The smallest absolute Gasteiger partial charge is 0.317 e. The average Bonchev–Trinajstić information content (AvgIpc) is 3.29. The van der Waals surface area contributed by atoms with Gasteiger partial charge in [-0.1, -0.05) is 26.0 Å². The Morgan fingerprint density at radius 2 is 1.97 bits per heavy atom. The molecule has 0 bridgehead atoms. The fourth-order valence-electron chi connectivity index (χ4n) is 5.61. The molecule has 172 valence electrons. The Morgan fingerprint density at radius 1 is 1.15 bits per heavy atom. The molecular formula is C27H24N2O5. The molecule has 2 atom stereocenters. The molecule has 2 aromatic carbocycles. The van der Waals surface area contributed by atoms with Gasteiger partial charge in [0.15, 0.2) is 17.3 Å². The molecule has 2 unspecified atom stereocenters. The Labute approximate surface area is 196 Å². The number of hydrogen-bond acceptors (Lipinski definition) is 7. The van der Waals surface area contributed by atoms with E-state index in [0.717, 1.165) is 33.4 Å². The van der Waals surface area contributed by atoms with Crippen LogP contribution in [0.15, 0.2) is 59.9 Å². The molecule has 2 aliphatic heterocycles. The molecule has 0 radical (unpaired) electrons. The normalized spacial score (nSPS) is 22.1. The zero-order valence-electron chi connectivity index (χ0n) is 19.2. The van der Waals surface area contributed by atoms with Gasteiger partial charge in [0.1, 0.15) is 5.92 Å². The lowest BCUT2D eigenvalue weighted by Crippen LogP contribution is -2.45. The van der Waals surface area contributed by atoms with Crippen molar-refractivity contribution in [2.75, 3.05) is 19.2 Å². The highest BCUT2D eigenvalue weighted by Crippen LogP contribution is 2.53. The number of aromatic nitrogens is 1. The zero-order valence-corrected chi connectivity index (χ0v) is 19.2. The van der Waals surface area contributed by atoms with Gasteiger partial charge < -0.3 is 19.5 Å². The number of Topliss-reactive ketones (excluding diaryl/α,β-unsaturated/α-hetero) is 1. The number of nitrogens with zero attached hydrogens (tertiary/aromatic N) is 1. The third-order valence-corrected chi connectivity index (χ3v) is 7.12. The lowest BCUT2D eigenvalue weighted by Gasteiger charge is -2.43. The molecule has 1 N–H and O–H groups in total.